The standard InChI is InChI=1S/C60H40O20/c61-31(62)11-1-21-41-22(2-12-32(63)64)43-24(4-14-34(67)68)45-26(6-16-36(71)72)47-28(8-18-38(75)76)49-30(10-20-40(79)80)50-29(9-19-39(77)78)48-27(7-17-37(73)74)46-25(5-15-35(69)70)44-23(3-13-33(65)66)42(21)52-51(41)53(43)55(45)57(47)59(49)60(50)58(48)56(46)54(44)52/h21-30,41-60H,(H,61,62)(H,63,64)(H,65,66)(H,67,68)(H,69,70)(H,71,72)(H,73,74)(H,75,76)(H,77,78)(H,79,80). The Morgan fingerprint density at radius 1 is 0.150 bits per heavy atom. The van der Waals surface area contributed by atoms with E-state index in [2.05, 4.69) is 118 Å². The minimum Gasteiger partial charge on any atom is -0.472 e. The second-order valence-corrected chi connectivity index (χ2v) is 22.5. The Morgan fingerprint density at radius 3 is 0.287 bits per heavy atom. The molecule has 0 aromatic rings. The number of carboxylic acids is 10. The molecule has 10 N–H and O–H groups in total. The number of aliphatic carboxylic acids is 10. The summed E-state index contributed by atoms with van der Waals surface area (Å²) in [6, 6.07) is 0. The third kappa shape index (κ3) is 7.71. The van der Waals surface area contributed by atoms with Crippen molar-refractivity contribution in [2.75, 3.05) is 0 Å². The second-order valence-electron chi connectivity index (χ2n) is 22.5. The highest BCUT2D eigenvalue weighted by molar-refractivity contribution is 5.90. The lowest BCUT2D eigenvalue weighted by Crippen LogP contribution is -2.41. The van der Waals surface area contributed by atoms with Crippen LogP contribution >= 0.6 is 0 Å². The first-order valence-corrected chi connectivity index (χ1v) is 25.5. The lowest BCUT2D eigenvalue weighted by molar-refractivity contribution is -0.131. The van der Waals surface area contributed by atoms with Crippen LogP contribution in [-0.4, -0.2) is 111 Å². The van der Waals surface area contributed by atoms with Crippen molar-refractivity contribution in [3.8, 4) is 118 Å². The molecule has 0 heterocycles. The van der Waals surface area contributed by atoms with Gasteiger partial charge in [0.1, 0.15) is 0 Å². The zero-order valence-corrected chi connectivity index (χ0v) is 40.9. The number of hydrogen-bond donors (Lipinski definition) is 10. The smallest absolute Gasteiger partial charge is 0.381 e. The highest BCUT2D eigenvalue weighted by Gasteiger charge is 2.85. The van der Waals surface area contributed by atoms with E-state index in [1.165, 1.54) is 0 Å². The van der Waals surface area contributed by atoms with Crippen LogP contribution in [0.25, 0.3) is 0 Å². The molecule has 400 valence electrons. The molecular weight excluding hydrogens is 1040 g/mol. The lowest BCUT2D eigenvalue weighted by atomic mass is 9.60. The van der Waals surface area contributed by atoms with Gasteiger partial charge in [-0.15, -0.1) is 0 Å². The van der Waals surface area contributed by atoms with E-state index in [1.807, 2.05) is 0 Å². The first kappa shape index (κ1) is 52.4. The number of carboxylic acid groups (broad SMARTS) is 10. The Labute approximate surface area is 453 Å². The summed E-state index contributed by atoms with van der Waals surface area (Å²) in [7, 11) is 0. The monoisotopic (exact) mass is 1080 g/mol. The van der Waals surface area contributed by atoms with Gasteiger partial charge in [0.2, 0.25) is 0 Å². The maximum absolute atomic E-state index is 12.6. The Bertz CT molecular complexity index is 2820. The topological polar surface area (TPSA) is 373 Å². The Morgan fingerprint density at radius 2 is 0.225 bits per heavy atom. The van der Waals surface area contributed by atoms with E-state index in [0.29, 0.717) is 0 Å². The van der Waals surface area contributed by atoms with E-state index in [1.54, 1.807) is 0 Å². The average Bonchev–Trinajstić information content (AvgIpc) is 3.11. The van der Waals surface area contributed by atoms with E-state index in [9.17, 15) is 99.0 Å². The van der Waals surface area contributed by atoms with E-state index in [4.69, 9.17) is 0 Å². The summed E-state index contributed by atoms with van der Waals surface area (Å²) in [5.41, 5.74) is 0. The highest BCUT2D eigenvalue weighted by atomic mass is 16.4. The van der Waals surface area contributed by atoms with Crippen LogP contribution in [0.5, 0.6) is 0 Å². The van der Waals surface area contributed by atoms with Crippen molar-refractivity contribution < 1.29 is 99.0 Å². The fraction of sp³-hybridized carbons (Fsp3) is 0.500. The van der Waals surface area contributed by atoms with Crippen LogP contribution in [-0.2, 0) is 47.9 Å². The molecule has 0 saturated heterocycles. The second kappa shape index (κ2) is 19.0. The Balaban J connectivity index is 1.32. The third-order valence-electron chi connectivity index (χ3n) is 20.6. The summed E-state index contributed by atoms with van der Waals surface area (Å²) >= 11 is 0. The van der Waals surface area contributed by atoms with Crippen molar-refractivity contribution in [1.82, 2.24) is 0 Å². The molecule has 0 unspecified atom stereocenters. The quantitative estimate of drug-likeness (QED) is 0.137. The van der Waals surface area contributed by atoms with Crippen LogP contribution in [0.1, 0.15) is 0 Å². The van der Waals surface area contributed by atoms with E-state index in [0.717, 1.165) is 0 Å². The minimum absolute atomic E-state index is 0.760. The van der Waals surface area contributed by atoms with Crippen LogP contribution in [0, 0.1) is 296 Å². The van der Waals surface area contributed by atoms with Crippen molar-refractivity contribution >= 4 is 59.7 Å². The molecule has 11 aliphatic rings. The molecule has 0 bridgehead atoms. The van der Waals surface area contributed by atoms with Gasteiger partial charge in [0.25, 0.3) is 0 Å². The molecule has 11 saturated carbocycles. The normalized spacial score (nSPS) is 44.2. The van der Waals surface area contributed by atoms with Gasteiger partial charge in [-0.3, -0.25) is 0 Å². The van der Waals surface area contributed by atoms with Gasteiger partial charge in [-0.05, 0) is 118 Å². The Kier molecular flexibility index (Phi) is 12.5. The fourth-order valence-corrected chi connectivity index (χ4v) is 20.7. The molecule has 0 amide bonds. The molecule has 0 atom stereocenters. The predicted molar refractivity (Wildman–Crippen MR) is 259 cm³/mol. The molecule has 11 aliphatic carbocycles. The summed E-state index contributed by atoms with van der Waals surface area (Å²) in [6.45, 7) is 0. The molecule has 20 nitrogen and oxygen atoms in total. The van der Waals surface area contributed by atoms with Crippen LogP contribution in [0.2, 0.25) is 0 Å². The zero-order valence-electron chi connectivity index (χ0n) is 40.9. The van der Waals surface area contributed by atoms with Gasteiger partial charge in [0.05, 0.1) is 0 Å². The molecule has 0 aliphatic heterocycles. The summed E-state index contributed by atoms with van der Waals surface area (Å²) < 4.78 is 0. The summed E-state index contributed by atoms with van der Waals surface area (Å²) in [5.74, 6) is 8.52. The first-order chi connectivity index (χ1) is 38.0. The third-order valence-corrected chi connectivity index (χ3v) is 20.6. The maximum Gasteiger partial charge on any atom is 0.381 e. The average molecular weight is 1080 g/mol. The van der Waals surface area contributed by atoms with Gasteiger partial charge in [-0.25, -0.2) is 47.9 Å². The van der Waals surface area contributed by atoms with Gasteiger partial charge in [-0.1, -0.05) is 59.2 Å². The van der Waals surface area contributed by atoms with Gasteiger partial charge in [0, 0.05) is 118 Å². The minimum atomic E-state index is -1.57. The molecule has 0 aromatic heterocycles. The Hall–Kier alpha value is -9.70. The van der Waals surface area contributed by atoms with Crippen molar-refractivity contribution in [2.45, 2.75) is 0 Å². The fourth-order valence-electron chi connectivity index (χ4n) is 20.7. The summed E-state index contributed by atoms with van der Waals surface area (Å²) in [5, 5.41) is 102. The molecule has 11 rings (SSSR count). The molecule has 20 heteroatoms. The highest BCUT2D eigenvalue weighted by Crippen LogP contribution is 2.86. The van der Waals surface area contributed by atoms with Crippen LogP contribution in [0.4, 0.5) is 0 Å². The van der Waals surface area contributed by atoms with Gasteiger partial charge < -0.3 is 51.1 Å². The van der Waals surface area contributed by atoms with Crippen molar-refractivity contribution in [1.29, 1.82) is 0 Å². The van der Waals surface area contributed by atoms with E-state index in [-0.39, 0.29) is 0 Å². The van der Waals surface area contributed by atoms with Gasteiger partial charge >= 0.3 is 59.7 Å². The molecule has 11 fully saturated rings. The lowest BCUT2D eigenvalue weighted by Gasteiger charge is -2.44. The van der Waals surface area contributed by atoms with E-state index >= 15 is 0 Å². The first-order valence-electron chi connectivity index (χ1n) is 25.5. The van der Waals surface area contributed by atoms with Crippen LogP contribution in [0.15, 0.2) is 0 Å². The number of carbonyl (C=O) groups is 10. The van der Waals surface area contributed by atoms with Crippen molar-refractivity contribution in [3.63, 3.8) is 0 Å². The van der Waals surface area contributed by atoms with Gasteiger partial charge in [0.15, 0.2) is 0 Å². The maximum atomic E-state index is 12.6. The van der Waals surface area contributed by atoms with Crippen LogP contribution < -0.4 is 0 Å². The SMILES string of the molecule is O=C(O)C#CC1C2C(C#CC(=O)O)C3C(C#CC(=O)O)C4C(C#CC(=O)O)C5C(C#CC(=O)O)C6C(C#CC(=O)O)C7C(C#CC(=O)O)C8C(C#CC(=O)O)C9C(C#CC(=O)O)C%10C(C#CC(=O)O)C1C1C2C3C4C5C6C7C8C9C%101. The van der Waals surface area contributed by atoms with E-state index < -0.39 is 237 Å². The molecule has 0 radical (unpaired) electrons. The summed E-state index contributed by atoms with van der Waals surface area (Å²) in [6.07, 6.45) is 0. The molecule has 0 aromatic carbocycles. The predicted octanol–water partition coefficient (Wildman–Crippen LogP) is -0.498. The number of rotatable bonds is 0. The number of hydrogen-bond acceptors (Lipinski definition) is 10. The molecular formula is C60H40O20. The summed E-state index contributed by atoms with van der Waals surface area (Å²) in [4.78, 5) is 126. The largest absolute Gasteiger partial charge is 0.472 e. The zero-order chi connectivity index (χ0) is 57.2. The van der Waals surface area contributed by atoms with Crippen molar-refractivity contribution in [3.05, 3.63) is 0 Å². The van der Waals surface area contributed by atoms with Crippen molar-refractivity contribution in [2.24, 2.45) is 178 Å². The van der Waals surface area contributed by atoms with Gasteiger partial charge in [-0.2, -0.15) is 0 Å². The molecule has 0 spiro atoms. The van der Waals surface area contributed by atoms with Crippen LogP contribution in [0.3, 0.4) is 0 Å². The molecule has 80 heavy (non-hydrogen) atoms.